The molecule has 0 aliphatic carbocycles. The predicted octanol–water partition coefficient (Wildman–Crippen LogP) is 2.47. The fourth-order valence-corrected chi connectivity index (χ4v) is 2.39. The highest BCUT2D eigenvalue weighted by Crippen LogP contribution is 2.21. The van der Waals surface area contributed by atoms with Gasteiger partial charge in [0.15, 0.2) is 0 Å². The molecule has 1 fully saturated rings. The Labute approximate surface area is 98.4 Å². The molecule has 1 unspecified atom stereocenters. The van der Waals surface area contributed by atoms with E-state index < -0.39 is 0 Å². The monoisotopic (exact) mass is 264 g/mol. The van der Waals surface area contributed by atoms with Gasteiger partial charge in [-0.15, -0.1) is 0 Å². The maximum absolute atomic E-state index is 9.03. The van der Waals surface area contributed by atoms with Gasteiger partial charge in [0.25, 0.3) is 0 Å². The molecular weight excluding hydrogens is 252 g/mol. The van der Waals surface area contributed by atoms with E-state index >= 15 is 0 Å². The lowest BCUT2D eigenvalue weighted by Crippen LogP contribution is -2.11. The molecule has 0 saturated carbocycles. The van der Waals surface area contributed by atoms with Crippen LogP contribution in [0.1, 0.15) is 17.5 Å². The largest absolute Gasteiger partial charge is 0.316 e. The molecule has 2 nitrogen and oxygen atoms in total. The second-order valence-corrected chi connectivity index (χ2v) is 4.89. The number of rotatable bonds is 2. The van der Waals surface area contributed by atoms with Crippen molar-refractivity contribution >= 4 is 15.9 Å². The number of nitrogens with zero attached hydrogens (tertiary/aromatic N) is 1. The number of nitrogens with one attached hydrogen (secondary N) is 1. The molecule has 0 aromatic heterocycles. The molecule has 78 valence electrons. The highest BCUT2D eigenvalue weighted by Gasteiger charge is 2.16. The van der Waals surface area contributed by atoms with Crippen molar-refractivity contribution in [1.82, 2.24) is 5.32 Å². The number of hydrogen-bond acceptors (Lipinski definition) is 2. The zero-order chi connectivity index (χ0) is 10.7. The molecular formula is C12H13BrN2. The van der Waals surface area contributed by atoms with E-state index in [4.69, 9.17) is 5.26 Å². The zero-order valence-corrected chi connectivity index (χ0v) is 10.0. The van der Waals surface area contributed by atoms with Crippen LogP contribution in [0.3, 0.4) is 0 Å². The van der Waals surface area contributed by atoms with Crippen molar-refractivity contribution in [2.75, 3.05) is 13.1 Å². The average Bonchev–Trinajstić information content (AvgIpc) is 2.73. The van der Waals surface area contributed by atoms with Gasteiger partial charge in [-0.2, -0.15) is 5.26 Å². The highest BCUT2D eigenvalue weighted by atomic mass is 79.9. The SMILES string of the molecule is N#Cc1cc(Br)ccc1CC1CCNC1. The molecule has 1 aliphatic heterocycles. The van der Waals surface area contributed by atoms with Crippen LogP contribution in [0.15, 0.2) is 22.7 Å². The maximum Gasteiger partial charge on any atom is 0.0994 e. The van der Waals surface area contributed by atoms with E-state index in [0.717, 1.165) is 29.5 Å². The van der Waals surface area contributed by atoms with E-state index in [2.05, 4.69) is 33.4 Å². The van der Waals surface area contributed by atoms with Gasteiger partial charge in [-0.25, -0.2) is 0 Å². The Bertz CT molecular complexity index is 389. The van der Waals surface area contributed by atoms with E-state index in [9.17, 15) is 0 Å². The zero-order valence-electron chi connectivity index (χ0n) is 8.46. The summed E-state index contributed by atoms with van der Waals surface area (Å²) in [5.41, 5.74) is 1.98. The summed E-state index contributed by atoms with van der Waals surface area (Å²) in [4.78, 5) is 0. The van der Waals surface area contributed by atoms with Crippen LogP contribution in [0, 0.1) is 17.2 Å². The molecule has 3 heteroatoms. The fourth-order valence-electron chi connectivity index (χ4n) is 2.03. The molecule has 1 atom stereocenters. The first-order valence-corrected chi connectivity index (χ1v) is 5.98. The minimum absolute atomic E-state index is 0.693. The Kier molecular flexibility index (Phi) is 3.40. The molecule has 1 saturated heterocycles. The van der Waals surface area contributed by atoms with Gasteiger partial charge in [0.05, 0.1) is 11.6 Å². The molecule has 0 bridgehead atoms. The van der Waals surface area contributed by atoms with Gasteiger partial charge in [-0.1, -0.05) is 22.0 Å². The summed E-state index contributed by atoms with van der Waals surface area (Å²) in [5, 5.41) is 12.4. The van der Waals surface area contributed by atoms with Crippen molar-refractivity contribution < 1.29 is 0 Å². The Morgan fingerprint density at radius 2 is 2.40 bits per heavy atom. The Morgan fingerprint density at radius 1 is 1.53 bits per heavy atom. The molecule has 1 N–H and O–H groups in total. The van der Waals surface area contributed by atoms with E-state index in [0.29, 0.717) is 5.92 Å². The first-order valence-electron chi connectivity index (χ1n) is 5.19. The molecule has 0 spiro atoms. The second kappa shape index (κ2) is 4.78. The van der Waals surface area contributed by atoms with Crippen LogP contribution < -0.4 is 5.32 Å². The van der Waals surface area contributed by atoms with E-state index in [1.807, 2.05) is 12.1 Å². The van der Waals surface area contributed by atoms with Gasteiger partial charge >= 0.3 is 0 Å². The first kappa shape index (κ1) is 10.7. The lowest BCUT2D eigenvalue weighted by molar-refractivity contribution is 0.579. The second-order valence-electron chi connectivity index (χ2n) is 3.98. The van der Waals surface area contributed by atoms with Crippen molar-refractivity contribution in [2.45, 2.75) is 12.8 Å². The summed E-state index contributed by atoms with van der Waals surface area (Å²) in [6, 6.07) is 8.23. The fraction of sp³-hybridized carbons (Fsp3) is 0.417. The molecule has 0 radical (unpaired) electrons. The van der Waals surface area contributed by atoms with E-state index in [1.54, 1.807) is 0 Å². The highest BCUT2D eigenvalue weighted by molar-refractivity contribution is 9.10. The van der Waals surface area contributed by atoms with Gasteiger partial charge < -0.3 is 5.32 Å². The standard InChI is InChI=1S/C12H13BrN2/c13-12-2-1-10(11(6-12)7-14)5-9-3-4-15-8-9/h1-2,6,9,15H,3-5,8H2. The number of nitriles is 1. The lowest BCUT2D eigenvalue weighted by Gasteiger charge is -2.09. The summed E-state index contributed by atoms with van der Waals surface area (Å²) < 4.78 is 0.979. The lowest BCUT2D eigenvalue weighted by atomic mass is 9.95. The van der Waals surface area contributed by atoms with Crippen LogP contribution in [-0.2, 0) is 6.42 Å². The molecule has 1 aromatic rings. The molecule has 2 rings (SSSR count). The maximum atomic E-state index is 9.03. The van der Waals surface area contributed by atoms with E-state index in [-0.39, 0.29) is 0 Å². The van der Waals surface area contributed by atoms with Crippen molar-refractivity contribution in [3.63, 3.8) is 0 Å². The van der Waals surface area contributed by atoms with Gasteiger partial charge in [0, 0.05) is 4.47 Å². The molecule has 1 heterocycles. The minimum Gasteiger partial charge on any atom is -0.316 e. The van der Waals surface area contributed by atoms with Crippen LogP contribution in [0.5, 0.6) is 0 Å². The third kappa shape index (κ3) is 2.58. The normalized spacial score (nSPS) is 20.1. The third-order valence-electron chi connectivity index (χ3n) is 2.86. The van der Waals surface area contributed by atoms with Crippen molar-refractivity contribution in [3.8, 4) is 6.07 Å². The minimum atomic E-state index is 0.693. The summed E-state index contributed by atoms with van der Waals surface area (Å²) in [6.07, 6.45) is 2.24. The predicted molar refractivity (Wildman–Crippen MR) is 63.5 cm³/mol. The molecule has 0 amide bonds. The summed E-state index contributed by atoms with van der Waals surface area (Å²) in [7, 11) is 0. The number of hydrogen-bond donors (Lipinski definition) is 1. The van der Waals surface area contributed by atoms with Crippen molar-refractivity contribution in [3.05, 3.63) is 33.8 Å². The molecule has 15 heavy (non-hydrogen) atoms. The van der Waals surface area contributed by atoms with Crippen molar-refractivity contribution in [1.29, 1.82) is 5.26 Å². The van der Waals surface area contributed by atoms with Crippen molar-refractivity contribution in [2.24, 2.45) is 5.92 Å². The summed E-state index contributed by atoms with van der Waals surface area (Å²) >= 11 is 3.39. The third-order valence-corrected chi connectivity index (χ3v) is 3.36. The van der Waals surface area contributed by atoms with Gasteiger partial charge in [0.2, 0.25) is 0 Å². The smallest absolute Gasteiger partial charge is 0.0994 e. The molecule has 1 aliphatic rings. The molecule has 1 aromatic carbocycles. The summed E-state index contributed by atoms with van der Waals surface area (Å²) in [5.74, 6) is 0.693. The quantitative estimate of drug-likeness (QED) is 0.891. The van der Waals surface area contributed by atoms with Crippen LogP contribution in [-0.4, -0.2) is 13.1 Å². The Balaban J connectivity index is 2.16. The Morgan fingerprint density at radius 3 is 3.07 bits per heavy atom. The van der Waals surface area contributed by atoms with Crippen LogP contribution in [0.2, 0.25) is 0 Å². The van der Waals surface area contributed by atoms with Gasteiger partial charge in [-0.3, -0.25) is 0 Å². The van der Waals surface area contributed by atoms with Crippen LogP contribution in [0.4, 0.5) is 0 Å². The number of halogens is 1. The Hall–Kier alpha value is -0.850. The first-order chi connectivity index (χ1) is 7.29. The number of benzene rings is 1. The van der Waals surface area contributed by atoms with Crippen LogP contribution in [0.25, 0.3) is 0 Å². The van der Waals surface area contributed by atoms with Crippen LogP contribution >= 0.6 is 15.9 Å². The topological polar surface area (TPSA) is 35.8 Å². The van der Waals surface area contributed by atoms with Gasteiger partial charge in [-0.05, 0) is 49.5 Å². The average molecular weight is 265 g/mol. The van der Waals surface area contributed by atoms with Gasteiger partial charge in [0.1, 0.15) is 0 Å². The summed E-state index contributed by atoms with van der Waals surface area (Å²) in [6.45, 7) is 2.20. The van der Waals surface area contributed by atoms with E-state index in [1.165, 1.54) is 12.0 Å².